The standard InChI is InChI=1S/C13H20N2O/c1-11-9-12(3-4-13(11)16-2)10-15-7-5-14-6-8-15/h3-4,9,14H,5-8,10H2,1-2H3. The van der Waals surface area contributed by atoms with Crippen LogP contribution in [0.5, 0.6) is 5.75 Å². The number of methoxy groups -OCH3 is 1. The third-order valence-corrected chi connectivity index (χ3v) is 3.08. The Morgan fingerprint density at radius 2 is 2.06 bits per heavy atom. The first-order valence-electron chi connectivity index (χ1n) is 5.86. The summed E-state index contributed by atoms with van der Waals surface area (Å²) in [6.45, 7) is 7.65. The summed E-state index contributed by atoms with van der Waals surface area (Å²) in [5, 5.41) is 3.37. The first-order chi connectivity index (χ1) is 7.79. The molecule has 1 aromatic carbocycles. The van der Waals surface area contributed by atoms with E-state index in [9.17, 15) is 0 Å². The maximum Gasteiger partial charge on any atom is 0.121 e. The lowest BCUT2D eigenvalue weighted by Crippen LogP contribution is -2.42. The number of ether oxygens (including phenoxy) is 1. The van der Waals surface area contributed by atoms with Crippen LogP contribution in [0.1, 0.15) is 11.1 Å². The second-order valence-electron chi connectivity index (χ2n) is 4.33. The van der Waals surface area contributed by atoms with Gasteiger partial charge in [0.2, 0.25) is 0 Å². The van der Waals surface area contributed by atoms with Crippen molar-refractivity contribution < 1.29 is 4.74 Å². The fourth-order valence-corrected chi connectivity index (χ4v) is 2.17. The summed E-state index contributed by atoms with van der Waals surface area (Å²) in [6, 6.07) is 6.45. The van der Waals surface area contributed by atoms with Crippen LogP contribution in [0.2, 0.25) is 0 Å². The van der Waals surface area contributed by atoms with Crippen molar-refractivity contribution >= 4 is 0 Å². The number of hydrogen-bond donors (Lipinski definition) is 1. The van der Waals surface area contributed by atoms with Gasteiger partial charge in [0, 0.05) is 32.7 Å². The molecular weight excluding hydrogens is 200 g/mol. The molecule has 2 rings (SSSR count). The predicted molar refractivity (Wildman–Crippen MR) is 65.9 cm³/mol. The highest BCUT2D eigenvalue weighted by atomic mass is 16.5. The van der Waals surface area contributed by atoms with E-state index in [1.54, 1.807) is 7.11 Å². The lowest BCUT2D eigenvalue weighted by molar-refractivity contribution is 0.233. The number of nitrogens with zero attached hydrogens (tertiary/aromatic N) is 1. The van der Waals surface area contributed by atoms with E-state index in [1.165, 1.54) is 11.1 Å². The second-order valence-corrected chi connectivity index (χ2v) is 4.33. The predicted octanol–water partition coefficient (Wildman–Crippen LogP) is 1.41. The molecule has 88 valence electrons. The van der Waals surface area contributed by atoms with Crippen LogP contribution >= 0.6 is 0 Å². The van der Waals surface area contributed by atoms with Crippen LogP contribution in [0.25, 0.3) is 0 Å². The van der Waals surface area contributed by atoms with E-state index in [2.05, 4.69) is 35.3 Å². The van der Waals surface area contributed by atoms with Gasteiger partial charge in [0.1, 0.15) is 5.75 Å². The van der Waals surface area contributed by atoms with Gasteiger partial charge in [-0.15, -0.1) is 0 Å². The molecule has 3 nitrogen and oxygen atoms in total. The zero-order chi connectivity index (χ0) is 11.4. The minimum absolute atomic E-state index is 0.976. The molecule has 0 atom stereocenters. The number of rotatable bonds is 3. The highest BCUT2D eigenvalue weighted by molar-refractivity contribution is 5.36. The molecule has 0 aliphatic carbocycles. The van der Waals surface area contributed by atoms with Crippen LogP contribution in [0, 0.1) is 6.92 Å². The molecule has 1 N–H and O–H groups in total. The maximum atomic E-state index is 5.27. The highest BCUT2D eigenvalue weighted by Gasteiger charge is 2.10. The minimum atomic E-state index is 0.976. The average Bonchev–Trinajstić information content (AvgIpc) is 2.31. The zero-order valence-corrected chi connectivity index (χ0v) is 10.1. The van der Waals surface area contributed by atoms with Gasteiger partial charge in [0.25, 0.3) is 0 Å². The van der Waals surface area contributed by atoms with Gasteiger partial charge in [0.05, 0.1) is 7.11 Å². The van der Waals surface area contributed by atoms with Gasteiger partial charge in [0.15, 0.2) is 0 Å². The Kier molecular flexibility index (Phi) is 3.80. The number of aryl methyl sites for hydroxylation is 1. The van der Waals surface area contributed by atoms with Gasteiger partial charge in [-0.3, -0.25) is 4.90 Å². The Morgan fingerprint density at radius 3 is 2.69 bits per heavy atom. The molecule has 1 fully saturated rings. The highest BCUT2D eigenvalue weighted by Crippen LogP contribution is 2.19. The van der Waals surface area contributed by atoms with Crippen molar-refractivity contribution in [2.75, 3.05) is 33.3 Å². The van der Waals surface area contributed by atoms with Crippen LogP contribution in [0.15, 0.2) is 18.2 Å². The molecule has 1 aliphatic heterocycles. The molecule has 3 heteroatoms. The van der Waals surface area contributed by atoms with Gasteiger partial charge < -0.3 is 10.1 Å². The van der Waals surface area contributed by atoms with Crippen LogP contribution in [-0.4, -0.2) is 38.2 Å². The molecule has 0 bridgehead atoms. The lowest BCUT2D eigenvalue weighted by Gasteiger charge is -2.27. The van der Waals surface area contributed by atoms with E-state index < -0.39 is 0 Å². The molecule has 16 heavy (non-hydrogen) atoms. The minimum Gasteiger partial charge on any atom is -0.496 e. The van der Waals surface area contributed by atoms with Crippen molar-refractivity contribution in [2.45, 2.75) is 13.5 Å². The van der Waals surface area contributed by atoms with Crippen molar-refractivity contribution in [1.29, 1.82) is 0 Å². The topological polar surface area (TPSA) is 24.5 Å². The van der Waals surface area contributed by atoms with Gasteiger partial charge in [-0.1, -0.05) is 12.1 Å². The van der Waals surface area contributed by atoms with E-state index in [1.807, 2.05) is 0 Å². The third kappa shape index (κ3) is 2.74. The first-order valence-corrected chi connectivity index (χ1v) is 5.86. The van der Waals surface area contributed by atoms with Gasteiger partial charge in [-0.2, -0.15) is 0 Å². The first kappa shape index (κ1) is 11.4. The van der Waals surface area contributed by atoms with E-state index in [0.717, 1.165) is 38.5 Å². The number of piperazine rings is 1. The molecule has 0 spiro atoms. The molecule has 0 radical (unpaired) electrons. The van der Waals surface area contributed by atoms with Crippen molar-refractivity contribution in [2.24, 2.45) is 0 Å². The molecule has 0 saturated carbocycles. The summed E-state index contributed by atoms with van der Waals surface area (Å²) in [7, 11) is 1.72. The fourth-order valence-electron chi connectivity index (χ4n) is 2.17. The van der Waals surface area contributed by atoms with Gasteiger partial charge >= 0.3 is 0 Å². The number of nitrogens with one attached hydrogen (secondary N) is 1. The van der Waals surface area contributed by atoms with Crippen LogP contribution in [-0.2, 0) is 6.54 Å². The Morgan fingerprint density at radius 1 is 1.31 bits per heavy atom. The number of benzene rings is 1. The summed E-state index contributed by atoms with van der Waals surface area (Å²) < 4.78 is 5.27. The van der Waals surface area contributed by atoms with E-state index in [-0.39, 0.29) is 0 Å². The number of hydrogen-bond acceptors (Lipinski definition) is 3. The Bertz CT molecular complexity index is 346. The van der Waals surface area contributed by atoms with Crippen molar-refractivity contribution in [3.8, 4) is 5.75 Å². The van der Waals surface area contributed by atoms with Crippen molar-refractivity contribution in [3.63, 3.8) is 0 Å². The van der Waals surface area contributed by atoms with E-state index in [4.69, 9.17) is 4.74 Å². The molecule has 1 saturated heterocycles. The third-order valence-electron chi connectivity index (χ3n) is 3.08. The van der Waals surface area contributed by atoms with Crippen LogP contribution < -0.4 is 10.1 Å². The molecule has 0 unspecified atom stereocenters. The monoisotopic (exact) mass is 220 g/mol. The summed E-state index contributed by atoms with van der Waals surface area (Å²) in [5.74, 6) is 0.976. The average molecular weight is 220 g/mol. The second kappa shape index (κ2) is 5.32. The zero-order valence-electron chi connectivity index (χ0n) is 10.1. The molecular formula is C13H20N2O. The molecule has 0 amide bonds. The SMILES string of the molecule is COc1ccc(CN2CCNCC2)cc1C. The Labute approximate surface area is 97.4 Å². The Hall–Kier alpha value is -1.06. The fraction of sp³-hybridized carbons (Fsp3) is 0.538. The van der Waals surface area contributed by atoms with Gasteiger partial charge in [-0.05, 0) is 24.1 Å². The maximum absolute atomic E-state index is 5.27. The molecule has 1 heterocycles. The normalized spacial score (nSPS) is 17.4. The lowest BCUT2D eigenvalue weighted by atomic mass is 10.1. The van der Waals surface area contributed by atoms with Crippen LogP contribution in [0.4, 0.5) is 0 Å². The van der Waals surface area contributed by atoms with Crippen molar-refractivity contribution in [3.05, 3.63) is 29.3 Å². The molecule has 0 aromatic heterocycles. The largest absolute Gasteiger partial charge is 0.496 e. The summed E-state index contributed by atoms with van der Waals surface area (Å²) in [6.07, 6.45) is 0. The van der Waals surface area contributed by atoms with E-state index in [0.29, 0.717) is 0 Å². The van der Waals surface area contributed by atoms with Gasteiger partial charge in [-0.25, -0.2) is 0 Å². The smallest absolute Gasteiger partial charge is 0.121 e. The van der Waals surface area contributed by atoms with E-state index >= 15 is 0 Å². The quantitative estimate of drug-likeness (QED) is 0.833. The Balaban J connectivity index is 2.01. The molecule has 1 aliphatic rings. The summed E-state index contributed by atoms with van der Waals surface area (Å²) >= 11 is 0. The molecule has 1 aromatic rings. The van der Waals surface area contributed by atoms with Crippen LogP contribution in [0.3, 0.4) is 0 Å². The summed E-state index contributed by atoms with van der Waals surface area (Å²) in [5.41, 5.74) is 2.59. The van der Waals surface area contributed by atoms with Crippen molar-refractivity contribution in [1.82, 2.24) is 10.2 Å². The summed E-state index contributed by atoms with van der Waals surface area (Å²) in [4.78, 5) is 2.48.